The van der Waals surface area contributed by atoms with E-state index in [-0.39, 0.29) is 23.9 Å². The number of nitrogens with zero attached hydrogens (tertiary/aromatic N) is 2. The van der Waals surface area contributed by atoms with Crippen LogP contribution in [0.25, 0.3) is 11.3 Å². The van der Waals surface area contributed by atoms with Gasteiger partial charge in [-0.3, -0.25) is 14.9 Å². The van der Waals surface area contributed by atoms with E-state index in [1.807, 2.05) is 13.8 Å². The van der Waals surface area contributed by atoms with Gasteiger partial charge >= 0.3 is 0 Å². The van der Waals surface area contributed by atoms with Gasteiger partial charge in [0.2, 0.25) is 0 Å². The van der Waals surface area contributed by atoms with Crippen LogP contribution in [0.3, 0.4) is 0 Å². The van der Waals surface area contributed by atoms with E-state index in [9.17, 15) is 20.0 Å². The lowest BCUT2D eigenvalue weighted by molar-refractivity contribution is -0.384. The van der Waals surface area contributed by atoms with Crippen LogP contribution < -0.4 is 5.56 Å². The molecule has 0 saturated carbocycles. The van der Waals surface area contributed by atoms with Gasteiger partial charge in [-0.1, -0.05) is 0 Å². The lowest BCUT2D eigenvalue weighted by Gasteiger charge is -2.17. The van der Waals surface area contributed by atoms with E-state index in [0.29, 0.717) is 11.3 Å². The third-order valence-electron chi connectivity index (χ3n) is 3.26. The molecule has 110 valence electrons. The van der Waals surface area contributed by atoms with E-state index in [2.05, 4.69) is 0 Å². The maximum absolute atomic E-state index is 12.3. The summed E-state index contributed by atoms with van der Waals surface area (Å²) in [5, 5.41) is 19.9. The highest BCUT2D eigenvalue weighted by atomic mass is 16.6. The molecule has 0 bridgehead atoms. The summed E-state index contributed by atoms with van der Waals surface area (Å²) in [7, 11) is 0. The van der Waals surface area contributed by atoms with Gasteiger partial charge in [-0.05, 0) is 43.7 Å². The molecule has 2 aromatic rings. The smallest absolute Gasteiger partial charge is 0.269 e. The Morgan fingerprint density at radius 3 is 2.29 bits per heavy atom. The molecule has 6 heteroatoms. The van der Waals surface area contributed by atoms with Crippen molar-refractivity contribution >= 4 is 5.69 Å². The minimum atomic E-state index is -0.464. The molecule has 0 fully saturated rings. The van der Waals surface area contributed by atoms with E-state index in [0.717, 1.165) is 5.56 Å². The highest BCUT2D eigenvalue weighted by Gasteiger charge is 2.13. The quantitative estimate of drug-likeness (QED) is 0.692. The molecular formula is C15H16N2O4. The van der Waals surface area contributed by atoms with E-state index < -0.39 is 4.92 Å². The van der Waals surface area contributed by atoms with Crippen LogP contribution in [0.5, 0.6) is 0 Å². The minimum absolute atomic E-state index is 0.00386. The molecule has 1 aromatic heterocycles. The Labute approximate surface area is 121 Å². The molecule has 1 aromatic carbocycles. The van der Waals surface area contributed by atoms with Gasteiger partial charge in [0.15, 0.2) is 0 Å². The number of aromatic nitrogens is 1. The average molecular weight is 288 g/mol. The van der Waals surface area contributed by atoms with Crippen molar-refractivity contribution in [2.75, 3.05) is 0 Å². The predicted octanol–water partition coefficient (Wildman–Crippen LogP) is 2.50. The first-order valence-corrected chi connectivity index (χ1v) is 6.55. The minimum Gasteiger partial charge on any atom is -0.391 e. The molecule has 0 aliphatic carbocycles. The number of rotatable bonds is 4. The number of aliphatic hydroxyl groups excluding tert-OH is 1. The van der Waals surface area contributed by atoms with E-state index in [1.54, 1.807) is 28.8 Å². The molecule has 0 spiro atoms. The summed E-state index contributed by atoms with van der Waals surface area (Å²) in [4.78, 5) is 22.5. The van der Waals surface area contributed by atoms with Gasteiger partial charge in [0.25, 0.3) is 11.2 Å². The topological polar surface area (TPSA) is 85.4 Å². The van der Waals surface area contributed by atoms with Crippen molar-refractivity contribution in [3.8, 4) is 11.3 Å². The first kappa shape index (κ1) is 14.9. The lowest BCUT2D eigenvalue weighted by atomic mass is 10.1. The van der Waals surface area contributed by atoms with Crippen LogP contribution in [-0.4, -0.2) is 14.6 Å². The number of aliphatic hydroxyl groups is 1. The Morgan fingerprint density at radius 1 is 1.19 bits per heavy atom. The average Bonchev–Trinajstić information content (AvgIpc) is 2.46. The Kier molecular flexibility index (Phi) is 4.18. The molecule has 2 rings (SSSR count). The Balaban J connectivity index is 2.60. The van der Waals surface area contributed by atoms with Gasteiger partial charge < -0.3 is 9.67 Å². The van der Waals surface area contributed by atoms with E-state index in [1.165, 1.54) is 12.1 Å². The summed E-state index contributed by atoms with van der Waals surface area (Å²) in [5.74, 6) is 0. The second-order valence-electron chi connectivity index (χ2n) is 4.97. The molecule has 1 N–H and O–H groups in total. The van der Waals surface area contributed by atoms with Crippen LogP contribution in [0.2, 0.25) is 0 Å². The number of nitro groups is 1. The van der Waals surface area contributed by atoms with Crippen molar-refractivity contribution in [2.45, 2.75) is 26.5 Å². The molecule has 0 saturated heterocycles. The maximum atomic E-state index is 12.3. The zero-order valence-corrected chi connectivity index (χ0v) is 11.8. The summed E-state index contributed by atoms with van der Waals surface area (Å²) >= 11 is 0. The standard InChI is InChI=1S/C15H16N2O4/c1-10(2)16-14(8-5-12(9-18)15(16)19)11-3-6-13(7-4-11)17(20)21/h3-8,10,18H,9H2,1-2H3. The molecule has 6 nitrogen and oxygen atoms in total. The SMILES string of the molecule is CC(C)n1c(-c2ccc([N+](=O)[O-])cc2)ccc(CO)c1=O. The van der Waals surface area contributed by atoms with Gasteiger partial charge in [-0.15, -0.1) is 0 Å². The molecule has 0 atom stereocenters. The fourth-order valence-electron chi connectivity index (χ4n) is 2.22. The molecule has 1 heterocycles. The first-order chi connectivity index (χ1) is 9.95. The second-order valence-corrected chi connectivity index (χ2v) is 4.97. The Hall–Kier alpha value is -2.47. The summed E-state index contributed by atoms with van der Waals surface area (Å²) in [6, 6.07) is 9.28. The molecule has 0 amide bonds. The predicted molar refractivity (Wildman–Crippen MR) is 79.1 cm³/mol. The van der Waals surface area contributed by atoms with Crippen molar-refractivity contribution in [1.29, 1.82) is 0 Å². The molecule has 0 unspecified atom stereocenters. The third kappa shape index (κ3) is 2.85. The summed E-state index contributed by atoms with van der Waals surface area (Å²) in [5.41, 5.74) is 1.47. The van der Waals surface area contributed by atoms with Gasteiger partial charge in [-0.25, -0.2) is 0 Å². The fraction of sp³-hybridized carbons (Fsp3) is 0.267. The highest BCUT2D eigenvalue weighted by Crippen LogP contribution is 2.24. The van der Waals surface area contributed by atoms with Gasteiger partial charge in [0, 0.05) is 23.7 Å². The van der Waals surface area contributed by atoms with E-state index in [4.69, 9.17) is 0 Å². The largest absolute Gasteiger partial charge is 0.391 e. The zero-order valence-electron chi connectivity index (χ0n) is 11.8. The van der Waals surface area contributed by atoms with Crippen LogP contribution in [-0.2, 0) is 6.61 Å². The van der Waals surface area contributed by atoms with Crippen LogP contribution in [0.4, 0.5) is 5.69 Å². The van der Waals surface area contributed by atoms with Gasteiger partial charge in [-0.2, -0.15) is 0 Å². The van der Waals surface area contributed by atoms with Crippen LogP contribution in [0.1, 0.15) is 25.5 Å². The zero-order chi connectivity index (χ0) is 15.6. The molecule has 21 heavy (non-hydrogen) atoms. The fourth-order valence-corrected chi connectivity index (χ4v) is 2.22. The van der Waals surface area contributed by atoms with Crippen LogP contribution in [0, 0.1) is 10.1 Å². The Morgan fingerprint density at radius 2 is 1.81 bits per heavy atom. The number of pyridine rings is 1. The molecule has 0 aliphatic heterocycles. The number of benzene rings is 1. The van der Waals surface area contributed by atoms with Crippen LogP contribution >= 0.6 is 0 Å². The van der Waals surface area contributed by atoms with Crippen LogP contribution in [0.15, 0.2) is 41.2 Å². The van der Waals surface area contributed by atoms with Crippen molar-refractivity contribution < 1.29 is 10.0 Å². The molecular weight excluding hydrogens is 272 g/mol. The Bertz CT molecular complexity index is 717. The number of hydrogen-bond acceptors (Lipinski definition) is 4. The third-order valence-corrected chi connectivity index (χ3v) is 3.26. The normalized spacial score (nSPS) is 10.9. The number of hydrogen-bond donors (Lipinski definition) is 1. The van der Waals surface area contributed by atoms with Crippen molar-refractivity contribution in [2.24, 2.45) is 0 Å². The summed E-state index contributed by atoms with van der Waals surface area (Å²) in [6.07, 6.45) is 0. The lowest BCUT2D eigenvalue weighted by Crippen LogP contribution is -2.26. The van der Waals surface area contributed by atoms with Gasteiger partial charge in [0.1, 0.15) is 0 Å². The summed E-state index contributed by atoms with van der Waals surface area (Å²) < 4.78 is 1.58. The number of non-ortho nitro benzene ring substituents is 1. The monoisotopic (exact) mass is 288 g/mol. The molecule has 0 aliphatic rings. The summed E-state index contributed by atoms with van der Waals surface area (Å²) in [6.45, 7) is 3.43. The first-order valence-electron chi connectivity index (χ1n) is 6.55. The van der Waals surface area contributed by atoms with E-state index >= 15 is 0 Å². The van der Waals surface area contributed by atoms with Gasteiger partial charge in [0.05, 0.1) is 17.2 Å². The van der Waals surface area contributed by atoms with Crippen molar-refractivity contribution in [3.05, 3.63) is 62.4 Å². The second kappa shape index (κ2) is 5.88. The number of nitro benzene ring substituents is 1. The highest BCUT2D eigenvalue weighted by molar-refractivity contribution is 5.61. The van der Waals surface area contributed by atoms with Crippen molar-refractivity contribution in [1.82, 2.24) is 4.57 Å². The molecule has 0 radical (unpaired) electrons. The van der Waals surface area contributed by atoms with Crippen molar-refractivity contribution in [3.63, 3.8) is 0 Å². The maximum Gasteiger partial charge on any atom is 0.269 e.